The van der Waals surface area contributed by atoms with E-state index in [0.29, 0.717) is 53.6 Å². The number of aromatic nitrogens is 5. The fourth-order valence-electron chi connectivity index (χ4n) is 3.88. The van der Waals surface area contributed by atoms with E-state index in [9.17, 15) is 9.59 Å². The Kier molecular flexibility index (Phi) is 7.30. The zero-order chi connectivity index (χ0) is 25.1. The number of amides is 2. The molecule has 9 nitrogen and oxygen atoms in total. The fourth-order valence-corrected chi connectivity index (χ4v) is 5.80. The van der Waals surface area contributed by atoms with Gasteiger partial charge in [-0.15, -0.1) is 21.5 Å². The van der Waals surface area contributed by atoms with Gasteiger partial charge in [0.15, 0.2) is 11.0 Å². The molecule has 1 fully saturated rings. The largest absolute Gasteiger partial charge is 0.339 e. The zero-order valence-corrected chi connectivity index (χ0v) is 21.8. The summed E-state index contributed by atoms with van der Waals surface area (Å²) in [6.45, 7) is 3.67. The van der Waals surface area contributed by atoms with Crippen molar-refractivity contribution in [1.29, 1.82) is 0 Å². The Hall–Kier alpha value is -3.28. The van der Waals surface area contributed by atoms with Crippen LogP contribution in [0, 0.1) is 0 Å². The number of piperazine rings is 1. The van der Waals surface area contributed by atoms with Gasteiger partial charge in [0.25, 0.3) is 5.91 Å². The minimum Gasteiger partial charge on any atom is -0.339 e. The van der Waals surface area contributed by atoms with Crippen molar-refractivity contribution in [3.63, 3.8) is 0 Å². The third kappa shape index (κ3) is 5.28. The van der Waals surface area contributed by atoms with Crippen molar-refractivity contribution >= 4 is 46.5 Å². The van der Waals surface area contributed by atoms with Crippen LogP contribution >= 0.6 is 34.7 Å². The lowest BCUT2D eigenvalue weighted by Gasteiger charge is -2.33. The molecule has 0 saturated carbocycles. The number of thioether (sulfide) groups is 1. The first-order valence-corrected chi connectivity index (χ1v) is 13.5. The summed E-state index contributed by atoms with van der Waals surface area (Å²) in [5.41, 5.74) is 2.11. The topological polar surface area (TPSA) is 97.1 Å². The number of carbonyl (C=O) groups excluding carboxylic acids is 2. The van der Waals surface area contributed by atoms with E-state index in [1.165, 1.54) is 23.1 Å². The van der Waals surface area contributed by atoms with Crippen molar-refractivity contribution in [2.45, 2.75) is 17.8 Å². The summed E-state index contributed by atoms with van der Waals surface area (Å²) < 4.78 is 1.95. The second kappa shape index (κ2) is 10.8. The van der Waals surface area contributed by atoms with E-state index in [4.69, 9.17) is 11.6 Å². The van der Waals surface area contributed by atoms with Crippen molar-refractivity contribution in [3.05, 3.63) is 69.9 Å². The van der Waals surface area contributed by atoms with Crippen LogP contribution in [-0.2, 0) is 10.5 Å². The molecule has 1 saturated heterocycles. The molecule has 184 valence electrons. The summed E-state index contributed by atoms with van der Waals surface area (Å²) in [5.74, 6) is 1.12. The van der Waals surface area contributed by atoms with Gasteiger partial charge in [-0.3, -0.25) is 19.1 Å². The maximum Gasteiger partial charge on any atom is 0.273 e. The third-order valence-corrected chi connectivity index (χ3v) is 7.93. The second-order valence-corrected chi connectivity index (χ2v) is 10.4. The van der Waals surface area contributed by atoms with Crippen LogP contribution in [-0.4, -0.2) is 72.5 Å². The summed E-state index contributed by atoms with van der Waals surface area (Å²) in [4.78, 5) is 36.7. The first kappa shape index (κ1) is 24.4. The van der Waals surface area contributed by atoms with Crippen molar-refractivity contribution in [2.75, 3.05) is 26.2 Å². The van der Waals surface area contributed by atoms with Crippen LogP contribution < -0.4 is 0 Å². The molecule has 0 unspecified atom stereocenters. The van der Waals surface area contributed by atoms with E-state index in [2.05, 4.69) is 20.2 Å². The Labute approximate surface area is 221 Å². The van der Waals surface area contributed by atoms with Crippen molar-refractivity contribution in [3.8, 4) is 17.1 Å². The Morgan fingerprint density at radius 3 is 2.61 bits per heavy atom. The molecule has 0 aliphatic carbocycles. The Morgan fingerprint density at radius 1 is 1.08 bits per heavy atom. The Morgan fingerprint density at radius 2 is 1.89 bits per heavy atom. The maximum atomic E-state index is 12.9. The van der Waals surface area contributed by atoms with E-state index in [0.717, 1.165) is 16.3 Å². The molecule has 1 aliphatic heterocycles. The van der Waals surface area contributed by atoms with Gasteiger partial charge in [0.05, 0.1) is 11.4 Å². The molecule has 0 N–H and O–H groups in total. The molecule has 2 amide bonds. The second-order valence-electron chi connectivity index (χ2n) is 8.08. The highest BCUT2D eigenvalue weighted by molar-refractivity contribution is 7.98. The van der Waals surface area contributed by atoms with Crippen LogP contribution in [0.3, 0.4) is 0 Å². The van der Waals surface area contributed by atoms with E-state index in [1.807, 2.05) is 41.0 Å². The lowest BCUT2D eigenvalue weighted by Crippen LogP contribution is -2.50. The molecular formula is C24H22ClN7O2S2. The number of halogens is 1. The number of rotatable bonds is 6. The van der Waals surface area contributed by atoms with E-state index < -0.39 is 0 Å². The van der Waals surface area contributed by atoms with Gasteiger partial charge in [-0.1, -0.05) is 29.4 Å². The van der Waals surface area contributed by atoms with Gasteiger partial charge in [0.1, 0.15) is 10.7 Å². The Balaban J connectivity index is 1.32. The number of pyridine rings is 1. The van der Waals surface area contributed by atoms with Crippen LogP contribution in [0.2, 0.25) is 5.02 Å². The molecule has 3 aromatic heterocycles. The van der Waals surface area contributed by atoms with Crippen LogP contribution in [0.15, 0.2) is 59.3 Å². The molecule has 36 heavy (non-hydrogen) atoms. The lowest BCUT2D eigenvalue weighted by molar-refractivity contribution is -0.130. The number of thiazole rings is 1. The minimum atomic E-state index is -0.105. The molecule has 0 spiro atoms. The van der Waals surface area contributed by atoms with Crippen molar-refractivity contribution in [2.24, 2.45) is 0 Å². The molecule has 0 bridgehead atoms. The number of nitrogens with zero attached hydrogens (tertiary/aromatic N) is 7. The van der Waals surface area contributed by atoms with Crippen molar-refractivity contribution < 1.29 is 9.59 Å². The predicted molar refractivity (Wildman–Crippen MR) is 139 cm³/mol. The van der Waals surface area contributed by atoms with Crippen molar-refractivity contribution in [1.82, 2.24) is 34.5 Å². The van der Waals surface area contributed by atoms with Gasteiger partial charge in [0, 0.05) is 61.5 Å². The molecule has 4 heterocycles. The molecule has 1 aromatic carbocycles. The van der Waals surface area contributed by atoms with Gasteiger partial charge >= 0.3 is 0 Å². The van der Waals surface area contributed by atoms with Crippen LogP contribution in [0.1, 0.15) is 22.4 Å². The summed E-state index contributed by atoms with van der Waals surface area (Å²) in [7, 11) is 0. The van der Waals surface area contributed by atoms with Gasteiger partial charge in [-0.05, 0) is 30.3 Å². The van der Waals surface area contributed by atoms with Crippen LogP contribution in [0.25, 0.3) is 17.1 Å². The molecular weight excluding hydrogens is 518 g/mol. The highest BCUT2D eigenvalue weighted by atomic mass is 35.5. The molecule has 12 heteroatoms. The summed E-state index contributed by atoms with van der Waals surface area (Å²) in [6, 6.07) is 11.3. The summed E-state index contributed by atoms with van der Waals surface area (Å²) in [6.07, 6.45) is 3.46. The standard InChI is InChI=1S/C24H22ClN7O2S2/c1-16(33)30-8-10-31(11-9-30)23(34)20-14-35-21(27-20)15-36-24-29-28-22(17-4-3-7-26-13-17)32(24)19-6-2-5-18(25)12-19/h2-7,12-14H,8-11,15H2,1H3. The zero-order valence-electron chi connectivity index (χ0n) is 19.4. The first-order valence-electron chi connectivity index (χ1n) is 11.2. The van der Waals surface area contributed by atoms with Crippen LogP contribution in [0.4, 0.5) is 0 Å². The maximum absolute atomic E-state index is 12.9. The monoisotopic (exact) mass is 539 g/mol. The quantitative estimate of drug-likeness (QED) is 0.341. The normalized spacial score (nSPS) is 13.7. The lowest BCUT2D eigenvalue weighted by atomic mass is 10.2. The number of hydrogen-bond donors (Lipinski definition) is 0. The third-order valence-electron chi connectivity index (χ3n) is 5.73. The van der Waals surface area contributed by atoms with E-state index >= 15 is 0 Å². The van der Waals surface area contributed by atoms with E-state index in [-0.39, 0.29) is 11.8 Å². The number of benzene rings is 1. The SMILES string of the molecule is CC(=O)N1CCN(C(=O)c2csc(CSc3nnc(-c4cccnc4)n3-c3cccc(Cl)c3)n2)CC1. The van der Waals surface area contributed by atoms with Gasteiger partial charge < -0.3 is 9.80 Å². The number of carbonyl (C=O) groups is 2. The average Bonchev–Trinajstić information content (AvgIpc) is 3.55. The molecule has 5 rings (SSSR count). The van der Waals surface area contributed by atoms with Gasteiger partial charge in [-0.2, -0.15) is 0 Å². The minimum absolute atomic E-state index is 0.0346. The van der Waals surface area contributed by atoms with Crippen LogP contribution in [0.5, 0.6) is 0 Å². The highest BCUT2D eigenvalue weighted by Crippen LogP contribution is 2.31. The van der Waals surface area contributed by atoms with Gasteiger partial charge in [-0.25, -0.2) is 4.98 Å². The highest BCUT2D eigenvalue weighted by Gasteiger charge is 2.25. The first-order chi connectivity index (χ1) is 17.5. The average molecular weight is 540 g/mol. The summed E-state index contributed by atoms with van der Waals surface area (Å²) in [5, 5.41) is 12.7. The summed E-state index contributed by atoms with van der Waals surface area (Å²) >= 11 is 9.19. The number of hydrogen-bond acceptors (Lipinski definition) is 8. The van der Waals surface area contributed by atoms with E-state index in [1.54, 1.807) is 34.5 Å². The fraction of sp³-hybridized carbons (Fsp3) is 0.250. The predicted octanol–water partition coefficient (Wildman–Crippen LogP) is 4.04. The Bertz CT molecular complexity index is 1380. The molecule has 0 radical (unpaired) electrons. The van der Waals surface area contributed by atoms with Gasteiger partial charge in [0.2, 0.25) is 5.91 Å². The molecule has 0 atom stereocenters. The molecule has 1 aliphatic rings. The smallest absolute Gasteiger partial charge is 0.273 e. The molecule has 4 aromatic rings.